The summed E-state index contributed by atoms with van der Waals surface area (Å²) in [5.41, 5.74) is 0.911. The highest BCUT2D eigenvalue weighted by atomic mass is 79.9. The van der Waals surface area contributed by atoms with Gasteiger partial charge in [0.15, 0.2) is 0 Å². The average Bonchev–Trinajstić information content (AvgIpc) is 2.36. The summed E-state index contributed by atoms with van der Waals surface area (Å²) in [6.45, 7) is 2.73. The van der Waals surface area contributed by atoms with Crippen molar-refractivity contribution in [2.75, 3.05) is 18.9 Å². The molecule has 2 nitrogen and oxygen atoms in total. The van der Waals surface area contributed by atoms with E-state index in [9.17, 15) is 0 Å². The second-order valence-corrected chi connectivity index (χ2v) is 5.54. The van der Waals surface area contributed by atoms with Crippen molar-refractivity contribution >= 4 is 39.1 Å². The van der Waals surface area contributed by atoms with Crippen LogP contribution >= 0.6 is 39.1 Å². The molecule has 0 heterocycles. The molecule has 1 rings (SSSR count). The predicted molar refractivity (Wildman–Crippen MR) is 77.4 cm³/mol. The van der Waals surface area contributed by atoms with E-state index in [0.717, 1.165) is 22.3 Å². The maximum atomic E-state index is 5.88. The minimum absolute atomic E-state index is 0.241. The number of benzene rings is 1. The Hall–Kier alpha value is 0.0400. The lowest BCUT2D eigenvalue weighted by Crippen LogP contribution is -2.45. The van der Waals surface area contributed by atoms with Crippen molar-refractivity contribution in [3.05, 3.63) is 28.2 Å². The fourth-order valence-electron chi connectivity index (χ4n) is 1.27. The third-order valence-electron chi connectivity index (χ3n) is 2.53. The maximum absolute atomic E-state index is 5.88. The normalized spacial score (nSPS) is 11.6. The molecule has 0 aromatic heterocycles. The largest absolute Gasteiger partial charge is 0.496 e. The summed E-state index contributed by atoms with van der Waals surface area (Å²) >= 11 is 15.2. The summed E-state index contributed by atoms with van der Waals surface area (Å²) in [6.07, 6.45) is 0. The van der Waals surface area contributed by atoms with Crippen LogP contribution in [0.2, 0.25) is 0 Å². The Balaban J connectivity index is 2.67. The van der Waals surface area contributed by atoms with Gasteiger partial charge in [0.05, 0.1) is 11.6 Å². The molecular formula is C12H16BrCl2NO. The van der Waals surface area contributed by atoms with E-state index in [1.54, 1.807) is 7.11 Å². The molecule has 0 atom stereocenters. The van der Waals surface area contributed by atoms with Crippen LogP contribution in [-0.4, -0.2) is 24.4 Å². The van der Waals surface area contributed by atoms with E-state index in [2.05, 4.69) is 21.2 Å². The SMILES string of the molecule is COc1ccc(CNC(C)(CCl)CCl)cc1Br. The molecule has 1 aromatic rings. The third kappa shape index (κ3) is 4.32. The first-order chi connectivity index (χ1) is 8.04. The molecule has 0 aliphatic rings. The lowest BCUT2D eigenvalue weighted by Gasteiger charge is -2.26. The quantitative estimate of drug-likeness (QED) is 0.795. The van der Waals surface area contributed by atoms with E-state index in [4.69, 9.17) is 27.9 Å². The highest BCUT2D eigenvalue weighted by molar-refractivity contribution is 9.10. The number of alkyl halides is 2. The Morgan fingerprint density at radius 1 is 1.35 bits per heavy atom. The van der Waals surface area contributed by atoms with Crippen molar-refractivity contribution in [2.24, 2.45) is 0 Å². The molecule has 0 fully saturated rings. The Bertz CT molecular complexity index is 370. The standard InChI is InChI=1S/C12H16BrCl2NO/c1-12(7-14,8-15)16-6-9-3-4-11(17-2)10(13)5-9/h3-5,16H,6-8H2,1-2H3. The molecule has 0 amide bonds. The van der Waals surface area contributed by atoms with Gasteiger partial charge in [-0.3, -0.25) is 0 Å². The van der Waals surface area contributed by atoms with E-state index >= 15 is 0 Å². The van der Waals surface area contributed by atoms with Gasteiger partial charge in [-0.05, 0) is 40.5 Å². The van der Waals surface area contributed by atoms with Gasteiger partial charge in [-0.25, -0.2) is 0 Å². The topological polar surface area (TPSA) is 21.3 Å². The summed E-state index contributed by atoms with van der Waals surface area (Å²) < 4.78 is 6.12. The Kier molecular flexibility index (Phi) is 6.07. The number of halogens is 3. The van der Waals surface area contributed by atoms with Crippen molar-refractivity contribution < 1.29 is 4.74 Å². The van der Waals surface area contributed by atoms with Crippen LogP contribution in [0.25, 0.3) is 0 Å². The van der Waals surface area contributed by atoms with E-state index in [1.165, 1.54) is 0 Å². The summed E-state index contributed by atoms with van der Waals surface area (Å²) in [4.78, 5) is 0. The number of rotatable bonds is 6. The molecule has 0 aliphatic carbocycles. The Labute approximate surface area is 121 Å². The van der Waals surface area contributed by atoms with Crippen molar-refractivity contribution in [3.8, 4) is 5.75 Å². The fraction of sp³-hybridized carbons (Fsp3) is 0.500. The minimum atomic E-state index is -0.241. The van der Waals surface area contributed by atoms with Crippen molar-refractivity contribution in [1.82, 2.24) is 5.32 Å². The van der Waals surface area contributed by atoms with Gasteiger partial charge in [0.1, 0.15) is 5.75 Å². The van der Waals surface area contributed by atoms with Crippen LogP contribution in [0.3, 0.4) is 0 Å². The van der Waals surface area contributed by atoms with Crippen LogP contribution in [-0.2, 0) is 6.54 Å². The fourth-order valence-corrected chi connectivity index (χ4v) is 2.33. The summed E-state index contributed by atoms with van der Waals surface area (Å²) in [6, 6.07) is 5.97. The minimum Gasteiger partial charge on any atom is -0.496 e. The smallest absolute Gasteiger partial charge is 0.133 e. The molecule has 0 radical (unpaired) electrons. The number of hydrogen-bond acceptors (Lipinski definition) is 2. The molecule has 0 saturated carbocycles. The van der Waals surface area contributed by atoms with Gasteiger partial charge >= 0.3 is 0 Å². The average molecular weight is 341 g/mol. The zero-order valence-electron chi connectivity index (χ0n) is 9.90. The van der Waals surface area contributed by atoms with Crippen LogP contribution in [0.15, 0.2) is 22.7 Å². The van der Waals surface area contributed by atoms with Crippen molar-refractivity contribution in [3.63, 3.8) is 0 Å². The van der Waals surface area contributed by atoms with Gasteiger partial charge < -0.3 is 10.1 Å². The zero-order chi connectivity index (χ0) is 12.9. The Morgan fingerprint density at radius 3 is 2.47 bits per heavy atom. The lowest BCUT2D eigenvalue weighted by molar-refractivity contribution is 0.411. The van der Waals surface area contributed by atoms with Crippen LogP contribution in [0.4, 0.5) is 0 Å². The first-order valence-corrected chi connectivity index (χ1v) is 7.10. The number of nitrogens with one attached hydrogen (secondary N) is 1. The van der Waals surface area contributed by atoms with Gasteiger partial charge in [0, 0.05) is 23.8 Å². The van der Waals surface area contributed by atoms with Gasteiger partial charge in [-0.1, -0.05) is 6.07 Å². The highest BCUT2D eigenvalue weighted by Gasteiger charge is 2.20. The Morgan fingerprint density at radius 2 is 2.00 bits per heavy atom. The maximum Gasteiger partial charge on any atom is 0.133 e. The molecule has 17 heavy (non-hydrogen) atoms. The highest BCUT2D eigenvalue weighted by Crippen LogP contribution is 2.25. The van der Waals surface area contributed by atoms with Crippen LogP contribution in [0.5, 0.6) is 5.75 Å². The predicted octanol–water partition coefficient (Wildman–Crippen LogP) is 3.78. The molecule has 0 spiro atoms. The number of hydrogen-bond donors (Lipinski definition) is 1. The van der Waals surface area contributed by atoms with Crippen LogP contribution in [0.1, 0.15) is 12.5 Å². The second kappa shape index (κ2) is 6.83. The number of methoxy groups -OCH3 is 1. The molecule has 0 saturated heterocycles. The lowest BCUT2D eigenvalue weighted by atomic mass is 10.1. The van der Waals surface area contributed by atoms with E-state index in [-0.39, 0.29) is 5.54 Å². The van der Waals surface area contributed by atoms with Crippen LogP contribution < -0.4 is 10.1 Å². The first kappa shape index (κ1) is 15.1. The molecule has 0 aliphatic heterocycles. The van der Waals surface area contributed by atoms with Crippen LogP contribution in [0, 0.1) is 0 Å². The van der Waals surface area contributed by atoms with Gasteiger partial charge in [-0.15, -0.1) is 23.2 Å². The zero-order valence-corrected chi connectivity index (χ0v) is 13.0. The van der Waals surface area contributed by atoms with E-state index in [1.807, 2.05) is 25.1 Å². The molecule has 96 valence electrons. The summed E-state index contributed by atoms with van der Waals surface area (Å²) in [7, 11) is 1.65. The van der Waals surface area contributed by atoms with E-state index in [0.29, 0.717) is 11.8 Å². The van der Waals surface area contributed by atoms with Crippen molar-refractivity contribution in [1.29, 1.82) is 0 Å². The molecule has 0 bridgehead atoms. The molecule has 0 unspecified atom stereocenters. The molecule has 5 heteroatoms. The summed E-state index contributed by atoms with van der Waals surface area (Å²) in [5, 5.41) is 3.35. The summed E-state index contributed by atoms with van der Waals surface area (Å²) in [5.74, 6) is 1.79. The third-order valence-corrected chi connectivity index (χ3v) is 4.32. The molecular weight excluding hydrogens is 325 g/mol. The van der Waals surface area contributed by atoms with Crippen molar-refractivity contribution in [2.45, 2.75) is 19.0 Å². The molecule has 1 aromatic carbocycles. The van der Waals surface area contributed by atoms with Gasteiger partial charge in [0.2, 0.25) is 0 Å². The van der Waals surface area contributed by atoms with Gasteiger partial charge in [-0.2, -0.15) is 0 Å². The monoisotopic (exact) mass is 339 g/mol. The number of ether oxygens (including phenoxy) is 1. The molecule has 1 N–H and O–H groups in total. The second-order valence-electron chi connectivity index (χ2n) is 4.15. The first-order valence-electron chi connectivity index (χ1n) is 5.24. The van der Waals surface area contributed by atoms with Gasteiger partial charge in [0.25, 0.3) is 0 Å². The van der Waals surface area contributed by atoms with E-state index < -0.39 is 0 Å².